The Balaban J connectivity index is 0.000000210. The number of likely N-dealkylation sites (tertiary alicyclic amines) is 1. The number of nitrogens with zero attached hydrogens (tertiary/aromatic N) is 4. The molecule has 426 valence electrons. The number of aromatic hydroxyl groups is 1. The van der Waals surface area contributed by atoms with Crippen LogP contribution in [0.4, 0.5) is 9.59 Å². The van der Waals surface area contributed by atoms with Crippen LogP contribution in [-0.4, -0.2) is 117 Å². The van der Waals surface area contributed by atoms with Crippen molar-refractivity contribution < 1.29 is 52.8 Å². The first-order valence-electron chi connectivity index (χ1n) is 27.5. The maximum Gasteiger partial charge on any atom is 0.407 e. The number of imidazole rings is 2. The molecule has 1 aliphatic carbocycles. The zero-order valence-corrected chi connectivity index (χ0v) is 48.4. The number of halogens is 2. The first-order chi connectivity index (χ1) is 39.3. The molecule has 5 N–H and O–H groups in total. The van der Waals surface area contributed by atoms with E-state index in [-0.39, 0.29) is 60.3 Å². The van der Waals surface area contributed by atoms with Crippen LogP contribution >= 0.6 is 31.9 Å². The van der Waals surface area contributed by atoms with E-state index in [1.807, 2.05) is 42.5 Å². The number of alkyl carbamates (subject to hydrolysis) is 2. The number of carbonyl (C=O) groups is 6. The number of nitrogens with one attached hydrogen (secondary N) is 4. The number of aromatic nitrogens is 4. The second kappa shape index (κ2) is 27.3. The molecule has 4 amide bonds. The summed E-state index contributed by atoms with van der Waals surface area (Å²) in [4.78, 5) is 95.7. The summed E-state index contributed by atoms with van der Waals surface area (Å²) in [5.41, 5.74) is 7.41. The van der Waals surface area contributed by atoms with Gasteiger partial charge in [0.05, 0.1) is 50.1 Å². The number of amides is 4. The molecule has 81 heavy (non-hydrogen) atoms. The monoisotopic (exact) mass is 1230 g/mol. The minimum Gasteiger partial charge on any atom is -0.507 e. The number of benzene rings is 4. The van der Waals surface area contributed by atoms with E-state index in [0.717, 1.165) is 46.6 Å². The number of carbonyl (C=O) groups excluding carboxylic acids is 6. The summed E-state index contributed by atoms with van der Waals surface area (Å²) in [7, 11) is 2.55. The predicted octanol–water partition coefficient (Wildman–Crippen LogP) is 11.3. The van der Waals surface area contributed by atoms with Crippen molar-refractivity contribution in [2.24, 2.45) is 0 Å². The molecule has 5 heterocycles. The smallest absolute Gasteiger partial charge is 0.407 e. The fourth-order valence-corrected chi connectivity index (χ4v) is 11.9. The van der Waals surface area contributed by atoms with Crippen molar-refractivity contribution in [2.75, 3.05) is 33.9 Å². The van der Waals surface area contributed by atoms with Gasteiger partial charge in [-0.2, -0.15) is 0 Å². The van der Waals surface area contributed by atoms with E-state index < -0.39 is 24.3 Å². The van der Waals surface area contributed by atoms with Crippen LogP contribution in [0.5, 0.6) is 11.5 Å². The van der Waals surface area contributed by atoms with Crippen molar-refractivity contribution in [3.05, 3.63) is 129 Å². The first-order valence-corrected chi connectivity index (χ1v) is 29.1. The maximum absolute atomic E-state index is 13.8. The molecule has 0 spiro atoms. The minimum atomic E-state index is -0.780. The summed E-state index contributed by atoms with van der Waals surface area (Å²) in [5, 5.41) is 15.8. The van der Waals surface area contributed by atoms with E-state index in [1.165, 1.54) is 36.5 Å². The predicted molar refractivity (Wildman–Crippen MR) is 308 cm³/mol. The van der Waals surface area contributed by atoms with Crippen LogP contribution in [0.15, 0.2) is 106 Å². The summed E-state index contributed by atoms with van der Waals surface area (Å²) in [6, 6.07) is 25.3. The van der Waals surface area contributed by atoms with Crippen molar-refractivity contribution in [1.29, 1.82) is 0 Å². The topological polar surface area (TPSA) is 247 Å². The van der Waals surface area contributed by atoms with Gasteiger partial charge in [0.25, 0.3) is 0 Å². The Morgan fingerprint density at radius 2 is 1.37 bits per heavy atom. The Morgan fingerprint density at radius 3 is 2.07 bits per heavy atom. The number of unbranched alkanes of at least 4 members (excludes halogenated alkanes) is 2. The SMILES string of the molecule is COC(=O)NC(CCCCCC(=O)OCC1c2ccccc2-c2ccccc21)C(=O)N1CCCC1c1ncc(-c2ccc(Br)cc2O)[nH]1.COC(=O)NC1CCCCCC(=O)Oc2cc(Br)ccc2-c2cnc([nH]2)C2CCCN2C1=O. The highest BCUT2D eigenvalue weighted by Crippen LogP contribution is 2.45. The molecule has 2 aromatic heterocycles. The summed E-state index contributed by atoms with van der Waals surface area (Å²) in [5.74, 6) is 0.972. The lowest BCUT2D eigenvalue weighted by atomic mass is 9.98. The Kier molecular flexibility index (Phi) is 19.6. The van der Waals surface area contributed by atoms with Gasteiger partial charge in [-0.1, -0.05) is 106 Å². The molecular weight excluding hydrogens is 1170 g/mol. The van der Waals surface area contributed by atoms with Crippen LogP contribution in [0.3, 0.4) is 0 Å². The van der Waals surface area contributed by atoms with Gasteiger partial charge < -0.3 is 54.5 Å². The molecule has 21 heteroatoms. The first kappa shape index (κ1) is 58.1. The highest BCUT2D eigenvalue weighted by Gasteiger charge is 2.38. The molecule has 4 aromatic carbocycles. The summed E-state index contributed by atoms with van der Waals surface area (Å²) in [6.07, 6.45) is 10.5. The van der Waals surface area contributed by atoms with Gasteiger partial charge in [0, 0.05) is 51.9 Å². The van der Waals surface area contributed by atoms with Crippen molar-refractivity contribution in [3.63, 3.8) is 0 Å². The maximum atomic E-state index is 13.8. The second-order valence-electron chi connectivity index (χ2n) is 20.5. The average molecular weight is 1240 g/mol. The standard InChI is InChI=1S/C37H39BrN4O6.C23H27BrN4O5/c1-47-37(46)41-30(36(45)42-19-9-15-32(42)35-39-21-31(40-35)28-18-17-23(38)20-33(28)43)14-3-2-4-16-34(44)48-22-29-26-12-7-5-10-24(26)25-11-6-8-13-27(25)29;1-32-23(31)27-16-6-3-2-4-8-20(29)33-19-12-14(24)9-10-15(19)17-13-25-21(26-17)18-7-5-11-28(18)22(16)30/h5-8,10-13,17-18,20-21,29-30,32,43H,2-4,9,14-16,19,22H2,1H3,(H,39,40)(H,41,46);9-10,12-13,16,18H,2-8,11H2,1H3,(H,25,26)(H,27,31). The third kappa shape index (κ3) is 14.2. The number of esters is 2. The summed E-state index contributed by atoms with van der Waals surface area (Å²) < 4.78 is 22.5. The molecular formula is C60H66Br2N8O11. The molecule has 2 bridgehead atoms. The van der Waals surface area contributed by atoms with Gasteiger partial charge in [-0.3, -0.25) is 19.2 Å². The lowest BCUT2D eigenvalue weighted by Gasteiger charge is -2.28. The van der Waals surface area contributed by atoms with Crippen molar-refractivity contribution in [1.82, 2.24) is 40.4 Å². The molecule has 0 saturated carbocycles. The number of ether oxygens (including phenoxy) is 4. The van der Waals surface area contributed by atoms with Gasteiger partial charge in [0.2, 0.25) is 11.8 Å². The number of hydrogen-bond donors (Lipinski definition) is 5. The molecule has 4 atom stereocenters. The number of rotatable bonds is 13. The molecule has 0 radical (unpaired) electrons. The zero-order chi connectivity index (χ0) is 57.0. The molecule has 3 aliphatic heterocycles. The van der Waals surface area contributed by atoms with Crippen LogP contribution < -0.4 is 15.4 Å². The molecule has 4 aliphatic rings. The van der Waals surface area contributed by atoms with Crippen molar-refractivity contribution in [2.45, 2.75) is 120 Å². The van der Waals surface area contributed by atoms with Crippen LogP contribution in [0.2, 0.25) is 0 Å². The third-order valence-electron chi connectivity index (χ3n) is 15.3. The number of aromatic amines is 2. The number of hydrogen-bond acceptors (Lipinski definition) is 13. The average Bonchev–Trinajstić information content (AvgIpc) is 4.46. The lowest BCUT2D eigenvalue weighted by molar-refractivity contribution is -0.144. The van der Waals surface area contributed by atoms with Gasteiger partial charge >= 0.3 is 24.1 Å². The van der Waals surface area contributed by atoms with Crippen LogP contribution in [-0.2, 0) is 33.4 Å². The summed E-state index contributed by atoms with van der Waals surface area (Å²) in [6.45, 7) is 1.43. The van der Waals surface area contributed by atoms with E-state index in [4.69, 9.17) is 18.9 Å². The van der Waals surface area contributed by atoms with E-state index in [1.54, 1.807) is 40.4 Å². The number of phenolic OH excluding ortho intramolecular Hbond substituents is 1. The highest BCUT2D eigenvalue weighted by molar-refractivity contribution is 9.10. The highest BCUT2D eigenvalue weighted by atomic mass is 79.9. The molecule has 10 rings (SSSR count). The molecule has 6 aromatic rings. The fourth-order valence-electron chi connectivity index (χ4n) is 11.2. The second-order valence-corrected chi connectivity index (χ2v) is 22.3. The minimum absolute atomic E-state index is 0.0209. The molecule has 2 fully saturated rings. The molecule has 19 nitrogen and oxygen atoms in total. The number of H-pyrrole nitrogens is 2. The largest absolute Gasteiger partial charge is 0.507 e. The third-order valence-corrected chi connectivity index (χ3v) is 16.3. The van der Waals surface area contributed by atoms with Crippen LogP contribution in [0.25, 0.3) is 33.6 Å². The van der Waals surface area contributed by atoms with Gasteiger partial charge in [0.1, 0.15) is 41.8 Å². The van der Waals surface area contributed by atoms with E-state index >= 15 is 0 Å². The Labute approximate surface area is 486 Å². The van der Waals surface area contributed by atoms with Crippen molar-refractivity contribution in [3.8, 4) is 45.1 Å². The fraction of sp³-hybridized carbons (Fsp3) is 0.400. The van der Waals surface area contributed by atoms with E-state index in [9.17, 15) is 33.9 Å². The van der Waals surface area contributed by atoms with Gasteiger partial charge in [-0.05, 0) is 110 Å². The van der Waals surface area contributed by atoms with Crippen molar-refractivity contribution >= 4 is 67.8 Å². The number of fused-ring (bicyclic) bond motifs is 9. The van der Waals surface area contributed by atoms with E-state index in [0.29, 0.717) is 99.0 Å². The Hall–Kier alpha value is -7.52. The quantitative estimate of drug-likeness (QED) is 0.0313. The van der Waals surface area contributed by atoms with Gasteiger partial charge in [-0.25, -0.2) is 19.6 Å². The van der Waals surface area contributed by atoms with Crippen LogP contribution in [0.1, 0.15) is 131 Å². The zero-order valence-electron chi connectivity index (χ0n) is 45.2. The van der Waals surface area contributed by atoms with E-state index in [2.05, 4.69) is 86.7 Å². The number of phenols is 1. The normalized spacial score (nSPS) is 18.2. The van der Waals surface area contributed by atoms with Gasteiger partial charge in [0.15, 0.2) is 0 Å². The Bertz CT molecular complexity index is 3190. The molecule has 2 saturated heterocycles. The lowest BCUT2D eigenvalue weighted by Crippen LogP contribution is -2.48. The van der Waals surface area contributed by atoms with Crippen LogP contribution in [0, 0.1) is 0 Å². The molecule has 4 unspecified atom stereocenters. The number of methoxy groups -OCH3 is 2. The Morgan fingerprint density at radius 1 is 0.728 bits per heavy atom. The summed E-state index contributed by atoms with van der Waals surface area (Å²) >= 11 is 6.80. The van der Waals surface area contributed by atoms with Gasteiger partial charge in [-0.15, -0.1) is 0 Å².